The number of aliphatic hydroxyl groups is 1. The van der Waals surface area contributed by atoms with Gasteiger partial charge >= 0.3 is 5.97 Å². The molecule has 0 radical (unpaired) electrons. The Morgan fingerprint density at radius 1 is 1.31 bits per heavy atom. The Labute approximate surface area is 167 Å². The average molecular weight is 400 g/mol. The SMILES string of the molecule is CN1CC[C@]23c4c5ccc(O)c4O[C@H]2C(NC(=O)/C=C\C(=O)O)CC[C@@]3(O)[C@H]1C5. The van der Waals surface area contributed by atoms with Crippen LogP contribution in [0.15, 0.2) is 24.3 Å². The number of amides is 1. The molecule has 1 saturated carbocycles. The summed E-state index contributed by atoms with van der Waals surface area (Å²) in [5.41, 5.74) is 0.224. The molecular formula is C21H24N2O6. The Balaban J connectivity index is 1.60. The van der Waals surface area contributed by atoms with Crippen LogP contribution in [0, 0.1) is 0 Å². The first-order chi connectivity index (χ1) is 13.8. The highest BCUT2D eigenvalue weighted by Gasteiger charge is 2.72. The van der Waals surface area contributed by atoms with E-state index >= 15 is 0 Å². The van der Waals surface area contributed by atoms with E-state index < -0.39 is 35.0 Å². The fourth-order valence-corrected chi connectivity index (χ4v) is 6.28. The second kappa shape index (κ2) is 5.96. The maximum Gasteiger partial charge on any atom is 0.328 e. The number of phenolic OH excluding ortho intramolecular Hbond substituents is 1. The summed E-state index contributed by atoms with van der Waals surface area (Å²) in [6, 6.07) is 3.08. The second-order valence-corrected chi connectivity index (χ2v) is 8.66. The summed E-state index contributed by atoms with van der Waals surface area (Å²) in [5.74, 6) is -1.25. The lowest BCUT2D eigenvalue weighted by molar-refractivity contribution is -0.187. The summed E-state index contributed by atoms with van der Waals surface area (Å²) in [5, 5.41) is 34.1. The average Bonchev–Trinajstić information content (AvgIpc) is 3.03. The number of aromatic hydroxyl groups is 1. The fourth-order valence-electron chi connectivity index (χ4n) is 6.28. The summed E-state index contributed by atoms with van der Waals surface area (Å²) in [6.07, 6.45) is 3.60. The molecule has 1 spiro atoms. The smallest absolute Gasteiger partial charge is 0.328 e. The molecule has 8 heteroatoms. The second-order valence-electron chi connectivity index (χ2n) is 8.66. The number of likely N-dealkylation sites (tertiary alicyclic amines) is 1. The van der Waals surface area contributed by atoms with Crippen LogP contribution in [0.1, 0.15) is 30.4 Å². The van der Waals surface area contributed by atoms with Crippen LogP contribution in [0.25, 0.3) is 0 Å². The molecule has 2 heterocycles. The van der Waals surface area contributed by atoms with Crippen LogP contribution < -0.4 is 10.1 Å². The summed E-state index contributed by atoms with van der Waals surface area (Å²) in [7, 11) is 2.02. The van der Waals surface area contributed by atoms with Gasteiger partial charge in [-0.25, -0.2) is 4.79 Å². The van der Waals surface area contributed by atoms with Gasteiger partial charge in [-0.3, -0.25) is 4.79 Å². The Kier molecular flexibility index (Phi) is 3.79. The molecular weight excluding hydrogens is 376 g/mol. The third-order valence-electron chi connectivity index (χ3n) is 7.43. The molecule has 2 fully saturated rings. The van der Waals surface area contributed by atoms with Gasteiger partial charge in [0.1, 0.15) is 6.10 Å². The van der Waals surface area contributed by atoms with Gasteiger partial charge in [0, 0.05) is 23.8 Å². The van der Waals surface area contributed by atoms with Gasteiger partial charge in [0.2, 0.25) is 5.91 Å². The Hall–Kier alpha value is -2.58. The molecule has 8 nitrogen and oxygen atoms in total. The van der Waals surface area contributed by atoms with E-state index in [1.165, 1.54) is 0 Å². The molecule has 29 heavy (non-hydrogen) atoms. The predicted molar refractivity (Wildman–Crippen MR) is 102 cm³/mol. The quantitative estimate of drug-likeness (QED) is 0.539. The lowest BCUT2D eigenvalue weighted by Crippen LogP contribution is -2.77. The number of ether oxygens (including phenoxy) is 1. The van der Waals surface area contributed by atoms with Gasteiger partial charge in [-0.2, -0.15) is 0 Å². The number of nitrogens with one attached hydrogen (secondary N) is 1. The molecule has 5 atom stereocenters. The van der Waals surface area contributed by atoms with Crippen molar-refractivity contribution in [2.24, 2.45) is 0 Å². The minimum atomic E-state index is -1.19. The number of carbonyl (C=O) groups excluding carboxylic acids is 1. The number of hydrogen-bond donors (Lipinski definition) is 4. The monoisotopic (exact) mass is 400 g/mol. The summed E-state index contributed by atoms with van der Waals surface area (Å²) in [6.45, 7) is 0.779. The standard InChI is InChI=1S/C21H24N2O6/c1-23-9-8-20-17-11-2-3-13(24)18(17)29-19(20)12(22-15(25)4-5-16(26)27)6-7-21(20,28)14(23)10-11/h2-5,12,14,19,24,28H,6-10H2,1H3,(H,22,25)(H,26,27)/b5-4-/t12?,14-,19+,20+,21-/m1/s1. The molecule has 4 aliphatic rings. The highest BCUT2D eigenvalue weighted by atomic mass is 16.5. The molecule has 2 aliphatic carbocycles. The van der Waals surface area contributed by atoms with Crippen molar-refractivity contribution in [2.45, 2.75) is 54.9 Å². The molecule has 4 N–H and O–H groups in total. The Bertz CT molecular complexity index is 945. The highest BCUT2D eigenvalue weighted by molar-refractivity contribution is 5.94. The first-order valence-corrected chi connectivity index (χ1v) is 9.94. The van der Waals surface area contributed by atoms with Crippen LogP contribution in [-0.4, -0.2) is 69.5 Å². The van der Waals surface area contributed by atoms with Gasteiger partial charge in [-0.1, -0.05) is 6.07 Å². The van der Waals surface area contributed by atoms with E-state index in [-0.39, 0.29) is 11.8 Å². The normalized spacial score (nSPS) is 37.1. The van der Waals surface area contributed by atoms with Gasteiger partial charge in [0.05, 0.1) is 17.1 Å². The van der Waals surface area contributed by atoms with Gasteiger partial charge in [0.25, 0.3) is 0 Å². The van der Waals surface area contributed by atoms with Crippen molar-refractivity contribution >= 4 is 11.9 Å². The van der Waals surface area contributed by atoms with Crippen molar-refractivity contribution in [3.05, 3.63) is 35.4 Å². The van der Waals surface area contributed by atoms with Crippen molar-refractivity contribution in [3.8, 4) is 11.5 Å². The van der Waals surface area contributed by atoms with Gasteiger partial charge < -0.3 is 30.3 Å². The predicted octanol–water partition coefficient (Wildman–Crippen LogP) is 0.302. The molecule has 2 bridgehead atoms. The number of hydrogen-bond acceptors (Lipinski definition) is 6. The van der Waals surface area contributed by atoms with Crippen LogP contribution >= 0.6 is 0 Å². The van der Waals surface area contributed by atoms with Crippen LogP contribution in [0.5, 0.6) is 11.5 Å². The molecule has 0 aromatic heterocycles. The maximum atomic E-state index is 12.3. The fraction of sp³-hybridized carbons (Fsp3) is 0.524. The number of aliphatic carboxylic acids is 1. The zero-order valence-corrected chi connectivity index (χ0v) is 16.1. The van der Waals surface area contributed by atoms with E-state index in [0.717, 1.165) is 29.8 Å². The number of benzene rings is 1. The third-order valence-corrected chi connectivity index (χ3v) is 7.43. The van der Waals surface area contributed by atoms with Crippen molar-refractivity contribution in [3.63, 3.8) is 0 Å². The Morgan fingerprint density at radius 3 is 2.86 bits per heavy atom. The van der Waals surface area contributed by atoms with Crippen molar-refractivity contribution in [1.82, 2.24) is 10.2 Å². The number of rotatable bonds is 3. The number of carboxylic acids is 1. The number of likely N-dealkylation sites (N-methyl/N-ethyl adjacent to an activating group) is 1. The van der Waals surface area contributed by atoms with E-state index in [9.17, 15) is 19.8 Å². The summed E-state index contributed by atoms with van der Waals surface area (Å²) in [4.78, 5) is 25.2. The first-order valence-electron chi connectivity index (χ1n) is 9.94. The molecule has 1 aromatic carbocycles. The third kappa shape index (κ3) is 2.27. The van der Waals surface area contributed by atoms with Crippen molar-refractivity contribution < 1.29 is 29.6 Å². The number of phenols is 1. The van der Waals surface area contributed by atoms with Gasteiger partial charge in [-0.05, 0) is 50.9 Å². The molecule has 5 rings (SSSR count). The van der Waals surface area contributed by atoms with Crippen molar-refractivity contribution in [1.29, 1.82) is 0 Å². The molecule has 1 unspecified atom stereocenters. The number of carbonyl (C=O) groups is 2. The van der Waals surface area contributed by atoms with Crippen LogP contribution in [0.2, 0.25) is 0 Å². The molecule has 2 aliphatic heterocycles. The highest BCUT2D eigenvalue weighted by Crippen LogP contribution is 2.65. The van der Waals surface area contributed by atoms with E-state index in [1.54, 1.807) is 6.07 Å². The van der Waals surface area contributed by atoms with E-state index in [1.807, 2.05) is 13.1 Å². The molecule has 1 aromatic rings. The van der Waals surface area contributed by atoms with Crippen LogP contribution in [0.3, 0.4) is 0 Å². The lowest BCUT2D eigenvalue weighted by atomic mass is 9.48. The zero-order chi connectivity index (χ0) is 20.6. The van der Waals surface area contributed by atoms with Gasteiger partial charge in [0.15, 0.2) is 11.5 Å². The molecule has 1 saturated heterocycles. The first kappa shape index (κ1) is 18.4. The van der Waals surface area contributed by atoms with Gasteiger partial charge in [-0.15, -0.1) is 0 Å². The Morgan fingerprint density at radius 2 is 2.10 bits per heavy atom. The number of carboxylic acid groups (broad SMARTS) is 1. The van der Waals surface area contributed by atoms with E-state index in [4.69, 9.17) is 9.84 Å². The topological polar surface area (TPSA) is 119 Å². The summed E-state index contributed by atoms with van der Waals surface area (Å²) < 4.78 is 6.27. The number of piperidine rings is 1. The van der Waals surface area contributed by atoms with Crippen LogP contribution in [-0.2, 0) is 21.4 Å². The molecule has 1 amide bonds. The molecule has 154 valence electrons. The summed E-state index contributed by atoms with van der Waals surface area (Å²) >= 11 is 0. The minimum Gasteiger partial charge on any atom is -0.504 e. The van der Waals surface area contributed by atoms with Crippen LogP contribution in [0.4, 0.5) is 0 Å². The van der Waals surface area contributed by atoms with Crippen molar-refractivity contribution in [2.75, 3.05) is 13.6 Å². The van der Waals surface area contributed by atoms with E-state index in [2.05, 4.69) is 10.2 Å². The van der Waals surface area contributed by atoms with E-state index in [0.29, 0.717) is 31.4 Å². The number of nitrogens with zero attached hydrogens (tertiary/aromatic N) is 1. The largest absolute Gasteiger partial charge is 0.504 e. The maximum absolute atomic E-state index is 12.3. The zero-order valence-electron chi connectivity index (χ0n) is 16.1. The lowest BCUT2D eigenvalue weighted by Gasteiger charge is -2.63. The minimum absolute atomic E-state index is 0.0445.